The van der Waals surface area contributed by atoms with E-state index in [1.807, 2.05) is 96.8 Å². The lowest BCUT2D eigenvalue weighted by molar-refractivity contribution is 0.198. The van der Waals surface area contributed by atoms with Crippen LogP contribution in [0.3, 0.4) is 0 Å². The fourth-order valence-electron chi connectivity index (χ4n) is 20.4. The lowest BCUT2D eigenvalue weighted by Gasteiger charge is -2.34. The van der Waals surface area contributed by atoms with Gasteiger partial charge in [0.15, 0.2) is 34.5 Å². The Morgan fingerprint density at radius 2 is 0.759 bits per heavy atom. The van der Waals surface area contributed by atoms with Gasteiger partial charge in [-0.2, -0.15) is 0 Å². The minimum Gasteiger partial charge on any atom is -0.496 e. The van der Waals surface area contributed by atoms with Crippen molar-refractivity contribution in [3.05, 3.63) is 195 Å². The van der Waals surface area contributed by atoms with Gasteiger partial charge in [-0.05, 0) is 217 Å². The molecule has 0 spiro atoms. The molecule has 0 unspecified atom stereocenters. The van der Waals surface area contributed by atoms with Crippen LogP contribution in [-0.4, -0.2) is 235 Å². The Bertz CT molecular complexity index is 6180. The molecule has 2 atom stereocenters. The monoisotopic (exact) mass is 1930 g/mol. The number of ether oxygens (including phenoxy) is 4. The molecule has 0 bridgehead atoms. The van der Waals surface area contributed by atoms with Crippen molar-refractivity contribution in [2.45, 2.75) is 181 Å². The summed E-state index contributed by atoms with van der Waals surface area (Å²) >= 11 is 20.2. The van der Waals surface area contributed by atoms with Crippen molar-refractivity contribution in [3.8, 4) is 23.1 Å². The number of hydrogen-bond acceptors (Lipinski definition) is 27. The lowest BCUT2D eigenvalue weighted by Crippen LogP contribution is -2.34. The molecule has 12 aromatic rings. The van der Waals surface area contributed by atoms with Gasteiger partial charge in [0.2, 0.25) is 5.88 Å². The third kappa shape index (κ3) is 20.2. The van der Waals surface area contributed by atoms with E-state index in [1.54, 1.807) is 40.8 Å². The Kier molecular flexibility index (Phi) is 27.8. The zero-order valence-corrected chi connectivity index (χ0v) is 81.2. The number of alkyl halides is 3. The fourth-order valence-corrected chi connectivity index (χ4v) is 21.1. The Labute approximate surface area is 812 Å². The summed E-state index contributed by atoms with van der Waals surface area (Å²) < 4.78 is 67.4. The van der Waals surface area contributed by atoms with Gasteiger partial charge < -0.3 is 78.6 Å². The molecule has 22 rings (SSSR count). The number of aliphatic hydroxyl groups is 4. The van der Waals surface area contributed by atoms with E-state index >= 15 is 8.78 Å². The maximum Gasteiger partial charge on any atom is 0.235 e. The number of hydrogen-bond donors (Lipinski definition) is 4. The van der Waals surface area contributed by atoms with E-state index in [0.29, 0.717) is 126 Å². The Hall–Kier alpha value is -11.0. The maximum atomic E-state index is 15.1. The molecular weight excluding hydrogens is 1810 g/mol. The standard InChI is InChI=1S/2C27H30ClFN4O2.C25H31ClN6O2.C25H30FN5O2/c2*1-35-23-5-3-2-4-20(23)17-6-11-32(12-7-17)25-21-14-18(33-13-8-19(34)16-33)15-22(28)24(21)30-26(31-25)27(29)9-10-27;1-25(6-7-25)24-29-21-18(14-17(15-19(21)26)31(2)12-13-33)22(30-24)32-10-4-16(5-11-32)20-23(34-3)28-9-8-27-20;1-30(14-15-32)18-5-6-20-19(16-18)23(29-24(28-20)25(26)9-10-25)31-12-7-17(8-13-31)22-21(33-2)4-3-11-27-22/h2*2-5,14-15,17,19,34H,6-13,16H2,1H3;8-9,14-16,33H,4-7,10-13H2,1-3H3;3-6,11,16-17,32H,7-10,12-15H2,1-2H3/t2*19-;;/m10../s1. The van der Waals surface area contributed by atoms with Gasteiger partial charge in [-0.25, -0.2) is 58.0 Å². The smallest absolute Gasteiger partial charge is 0.235 e. The summed E-state index contributed by atoms with van der Waals surface area (Å²) in [5, 5.41) is 44.0. The second-order valence-corrected chi connectivity index (χ2v) is 40.0. The number of likely N-dealkylation sites (N-methyl/N-ethyl adjacent to an activating group) is 2. The van der Waals surface area contributed by atoms with Crippen molar-refractivity contribution in [2.75, 3.05) is 187 Å². The normalized spacial score (nSPS) is 20.0. The molecule has 6 aliphatic heterocycles. The van der Waals surface area contributed by atoms with Gasteiger partial charge >= 0.3 is 0 Å². The van der Waals surface area contributed by atoms with E-state index in [-0.39, 0.29) is 42.5 Å². The van der Waals surface area contributed by atoms with Crippen molar-refractivity contribution in [1.82, 2.24) is 54.8 Å². The summed E-state index contributed by atoms with van der Waals surface area (Å²) in [4.78, 5) is 69.1. The highest BCUT2D eigenvalue weighted by molar-refractivity contribution is 6.37. The highest BCUT2D eigenvalue weighted by Gasteiger charge is 2.52. The molecule has 0 amide bonds. The third-order valence-electron chi connectivity index (χ3n) is 29.4. The fraction of sp³-hybridized carbons (Fsp3) is 0.490. The zero-order chi connectivity index (χ0) is 95.2. The lowest BCUT2D eigenvalue weighted by atomic mass is 9.88. The first-order valence-corrected chi connectivity index (χ1v) is 49.5. The number of β-amino-alcohol motifs (C(OH)–C–C–N with tert-alkyl or cyclic N) is 2. The van der Waals surface area contributed by atoms with Crippen LogP contribution >= 0.6 is 34.8 Å². The highest BCUT2D eigenvalue weighted by atomic mass is 35.5. The van der Waals surface area contributed by atoms with Gasteiger partial charge in [-0.3, -0.25) is 9.97 Å². The number of para-hydroxylation sites is 2. The number of anilines is 8. The number of methoxy groups -OCH3 is 4. The van der Waals surface area contributed by atoms with E-state index in [1.165, 1.54) is 11.1 Å². The number of pyridine rings is 1. The number of piperidine rings is 4. The van der Waals surface area contributed by atoms with E-state index in [9.17, 15) is 24.8 Å². The van der Waals surface area contributed by atoms with Gasteiger partial charge in [0.25, 0.3) is 0 Å². The summed E-state index contributed by atoms with van der Waals surface area (Å²) in [5.41, 5.74) is 6.73. The molecule has 137 heavy (non-hydrogen) atoms. The van der Waals surface area contributed by atoms with Crippen LogP contribution in [0.25, 0.3) is 43.6 Å². The molecule has 33 heteroatoms. The van der Waals surface area contributed by atoms with Crippen LogP contribution in [0.1, 0.15) is 192 Å². The highest BCUT2D eigenvalue weighted by Crippen LogP contribution is 2.55. The van der Waals surface area contributed by atoms with Gasteiger partial charge in [0.05, 0.1) is 96.7 Å². The maximum absolute atomic E-state index is 15.1. The van der Waals surface area contributed by atoms with Crippen molar-refractivity contribution in [2.24, 2.45) is 0 Å². The molecule has 10 fully saturated rings. The van der Waals surface area contributed by atoms with Crippen molar-refractivity contribution >= 4 is 124 Å². The molecular formula is C104H121Cl3F3N19O8. The third-order valence-corrected chi connectivity index (χ3v) is 30.3. The molecule has 0 radical (unpaired) electrons. The number of halogens is 6. The minimum atomic E-state index is -1.44. The quantitative estimate of drug-likeness (QED) is 0.0437. The molecule has 4 saturated carbocycles. The van der Waals surface area contributed by atoms with E-state index in [4.69, 9.17) is 78.7 Å². The molecule has 6 saturated heterocycles. The van der Waals surface area contributed by atoms with Crippen molar-refractivity contribution in [3.63, 3.8) is 0 Å². The van der Waals surface area contributed by atoms with Crippen molar-refractivity contribution in [1.29, 1.82) is 0 Å². The van der Waals surface area contributed by atoms with Crippen LogP contribution in [0.15, 0.2) is 134 Å². The Morgan fingerprint density at radius 3 is 1.20 bits per heavy atom. The average molecular weight is 1930 g/mol. The largest absolute Gasteiger partial charge is 0.496 e. The van der Waals surface area contributed by atoms with Crippen LogP contribution < -0.4 is 58.1 Å². The van der Waals surface area contributed by atoms with Crippen LogP contribution in [0.4, 0.5) is 59.2 Å². The van der Waals surface area contributed by atoms with Crippen molar-refractivity contribution < 1.29 is 52.5 Å². The van der Waals surface area contributed by atoms with Crippen LogP contribution in [0.5, 0.6) is 23.1 Å². The second kappa shape index (κ2) is 40.1. The number of aromatic nitrogens is 11. The molecule has 6 aromatic carbocycles. The molecule has 10 aliphatic rings. The van der Waals surface area contributed by atoms with Crippen LogP contribution in [0, 0.1) is 0 Å². The summed E-state index contributed by atoms with van der Waals surface area (Å²) in [6.07, 6.45) is 18.5. The Balaban J connectivity index is 0.000000117. The van der Waals surface area contributed by atoms with Gasteiger partial charge in [0, 0.05) is 186 Å². The van der Waals surface area contributed by atoms with Crippen LogP contribution in [-0.2, 0) is 22.4 Å². The van der Waals surface area contributed by atoms with E-state index < -0.39 is 17.0 Å². The number of nitrogens with zero attached hydrogens (tertiary/aromatic N) is 19. The molecule has 4 aliphatic carbocycles. The van der Waals surface area contributed by atoms with E-state index in [0.717, 1.165) is 256 Å². The molecule has 27 nitrogen and oxygen atoms in total. The van der Waals surface area contributed by atoms with Gasteiger partial charge in [-0.1, -0.05) is 78.1 Å². The number of fused-ring (bicyclic) bond motifs is 4. The molecule has 722 valence electrons. The first-order valence-electron chi connectivity index (χ1n) is 48.4. The molecule has 12 heterocycles. The Morgan fingerprint density at radius 1 is 0.380 bits per heavy atom. The van der Waals surface area contributed by atoms with Crippen LogP contribution in [0.2, 0.25) is 15.1 Å². The molecule has 4 N–H and O–H groups in total. The van der Waals surface area contributed by atoms with Gasteiger partial charge in [0.1, 0.15) is 52.0 Å². The summed E-state index contributed by atoms with van der Waals surface area (Å²) in [6, 6.07) is 38.2. The zero-order valence-electron chi connectivity index (χ0n) is 78.9. The van der Waals surface area contributed by atoms with E-state index in [2.05, 4.69) is 115 Å². The van der Waals surface area contributed by atoms with Gasteiger partial charge in [-0.15, -0.1) is 0 Å². The number of benzene rings is 6. The summed E-state index contributed by atoms with van der Waals surface area (Å²) in [7, 11) is 10.7. The predicted octanol–water partition coefficient (Wildman–Crippen LogP) is 18.2. The minimum absolute atomic E-state index is 0.0317. The summed E-state index contributed by atoms with van der Waals surface area (Å²) in [6.45, 7) is 12.6. The first-order chi connectivity index (χ1) is 66.3. The summed E-state index contributed by atoms with van der Waals surface area (Å²) in [5.74, 6) is 9.64. The topological polar surface area (TPSA) is 286 Å². The average Bonchev–Trinajstić information content (AvgIpc) is 1.62. The SMILES string of the molecule is COc1ccccc1C1CCN(c2nc(C3(F)CC3)nc3c(Cl)cc(N4CC[C@@H](O)C4)cc23)CC1.COc1ccccc1C1CCN(c2nc(C3(F)CC3)nc3c(Cl)cc(N4CC[C@H](O)C4)cc23)CC1.COc1cccnc1C1CCN(c2nc(C3(F)CC3)nc3ccc(N(C)CCO)cc23)CC1.COc1nccnc1C1CCN(c2nc(C3(C)CC3)nc3c(Cl)cc(N(C)CCO)cc23)CC1. The molecule has 6 aromatic heterocycles. The number of aliphatic hydroxyl groups excluding tert-OH is 4. The first kappa shape index (κ1) is 95.0. The predicted molar refractivity (Wildman–Crippen MR) is 534 cm³/mol. The number of rotatable bonds is 24. The second-order valence-electron chi connectivity index (χ2n) is 38.8.